The minimum atomic E-state index is -0.387. The quantitative estimate of drug-likeness (QED) is 0.698. The zero-order valence-corrected chi connectivity index (χ0v) is 16.7. The third-order valence-electron chi connectivity index (χ3n) is 5.46. The van der Waals surface area contributed by atoms with Gasteiger partial charge in [0.15, 0.2) is 0 Å². The van der Waals surface area contributed by atoms with Gasteiger partial charge in [-0.05, 0) is 24.6 Å². The van der Waals surface area contributed by atoms with Crippen molar-refractivity contribution in [1.82, 2.24) is 24.9 Å². The van der Waals surface area contributed by atoms with Crippen molar-refractivity contribution in [3.63, 3.8) is 0 Å². The summed E-state index contributed by atoms with van der Waals surface area (Å²) in [4.78, 5) is 65.6. The van der Waals surface area contributed by atoms with Gasteiger partial charge in [-0.25, -0.2) is 5.10 Å². The predicted octanol–water partition coefficient (Wildman–Crippen LogP) is 0.131. The van der Waals surface area contributed by atoms with E-state index >= 15 is 0 Å². The summed E-state index contributed by atoms with van der Waals surface area (Å²) in [6.45, 7) is 1.63. The maximum absolute atomic E-state index is 12.7. The summed E-state index contributed by atoms with van der Waals surface area (Å²) >= 11 is 0. The molecule has 2 aromatic rings. The Morgan fingerprint density at radius 1 is 0.871 bits per heavy atom. The summed E-state index contributed by atoms with van der Waals surface area (Å²) in [5.41, 5.74) is 0.478. The van der Waals surface area contributed by atoms with E-state index in [1.165, 1.54) is 12.1 Å². The molecule has 2 aliphatic heterocycles. The van der Waals surface area contributed by atoms with Crippen LogP contribution in [0.3, 0.4) is 0 Å². The van der Waals surface area contributed by atoms with E-state index in [1.807, 2.05) is 0 Å². The Kier molecular flexibility index (Phi) is 5.61. The largest absolute Gasteiger partial charge is 0.341 e. The maximum Gasteiger partial charge on any atom is 0.274 e. The van der Waals surface area contributed by atoms with Crippen molar-refractivity contribution >= 4 is 23.6 Å². The lowest BCUT2D eigenvalue weighted by molar-refractivity contribution is -0.131. The number of aromatic nitrogens is 2. The van der Waals surface area contributed by atoms with E-state index < -0.39 is 0 Å². The highest BCUT2D eigenvalue weighted by atomic mass is 16.2. The fourth-order valence-corrected chi connectivity index (χ4v) is 3.80. The van der Waals surface area contributed by atoms with Crippen molar-refractivity contribution in [2.75, 3.05) is 32.7 Å². The summed E-state index contributed by atoms with van der Waals surface area (Å²) in [5.74, 6) is -1.24. The van der Waals surface area contributed by atoms with Crippen molar-refractivity contribution < 1.29 is 19.2 Å². The highest BCUT2D eigenvalue weighted by molar-refractivity contribution is 6.21. The number of imide groups is 1. The number of fused-ring (bicyclic) bond motifs is 1. The Bertz CT molecular complexity index is 1060. The lowest BCUT2D eigenvalue weighted by Gasteiger charge is -2.23. The summed E-state index contributed by atoms with van der Waals surface area (Å²) in [6.07, 6.45) is 0.620. The van der Waals surface area contributed by atoms with Gasteiger partial charge < -0.3 is 9.80 Å². The van der Waals surface area contributed by atoms with Crippen molar-refractivity contribution in [1.29, 1.82) is 0 Å². The normalized spacial score (nSPS) is 16.3. The van der Waals surface area contributed by atoms with E-state index in [1.54, 1.807) is 34.1 Å². The van der Waals surface area contributed by atoms with Crippen LogP contribution in [-0.2, 0) is 4.79 Å². The third kappa shape index (κ3) is 4.09. The zero-order chi connectivity index (χ0) is 22.0. The molecule has 1 saturated heterocycles. The van der Waals surface area contributed by atoms with Gasteiger partial charge in [0.05, 0.1) is 11.1 Å². The van der Waals surface area contributed by atoms with Gasteiger partial charge in [0.25, 0.3) is 23.3 Å². The first-order chi connectivity index (χ1) is 15.0. The van der Waals surface area contributed by atoms with E-state index in [0.717, 1.165) is 4.90 Å². The van der Waals surface area contributed by atoms with Crippen molar-refractivity contribution in [3.05, 3.63) is 63.6 Å². The first-order valence-electron chi connectivity index (χ1n) is 10.0. The highest BCUT2D eigenvalue weighted by Gasteiger charge is 2.35. The molecule has 0 spiro atoms. The van der Waals surface area contributed by atoms with Crippen LogP contribution in [0.15, 0.2) is 41.2 Å². The fraction of sp³-hybridized carbons (Fsp3) is 0.333. The Morgan fingerprint density at radius 3 is 2.16 bits per heavy atom. The molecule has 0 atom stereocenters. The molecule has 1 fully saturated rings. The van der Waals surface area contributed by atoms with Gasteiger partial charge in [0, 0.05) is 45.2 Å². The molecular formula is C21H21N5O5. The minimum absolute atomic E-state index is 0.0195. The van der Waals surface area contributed by atoms with E-state index in [0.29, 0.717) is 43.7 Å². The standard InChI is InChI=1S/C21H21N5O5/c27-17-7-6-16(22-23-17)21(31)25-10-3-9-24(12-13-25)18(28)8-11-26-19(29)14-4-1-2-5-15(14)20(26)30/h1-2,4-7H,3,8-13H2,(H,23,27). The molecule has 1 aromatic carbocycles. The van der Waals surface area contributed by atoms with E-state index in [4.69, 9.17) is 0 Å². The average Bonchev–Trinajstić information content (AvgIpc) is 2.94. The van der Waals surface area contributed by atoms with Gasteiger partial charge in [0.1, 0.15) is 5.69 Å². The van der Waals surface area contributed by atoms with Crippen LogP contribution in [0.4, 0.5) is 0 Å². The van der Waals surface area contributed by atoms with Crippen LogP contribution < -0.4 is 5.56 Å². The first-order valence-corrected chi connectivity index (χ1v) is 10.0. The number of hydrogen-bond acceptors (Lipinski definition) is 6. The molecule has 4 rings (SSSR count). The second-order valence-corrected chi connectivity index (χ2v) is 7.39. The second kappa shape index (κ2) is 8.50. The predicted molar refractivity (Wildman–Crippen MR) is 108 cm³/mol. The number of carbonyl (C=O) groups is 4. The van der Waals surface area contributed by atoms with Gasteiger partial charge in [0.2, 0.25) is 5.91 Å². The molecule has 10 heteroatoms. The zero-order valence-electron chi connectivity index (χ0n) is 16.7. The number of nitrogens with zero attached hydrogens (tertiary/aromatic N) is 4. The number of nitrogens with one attached hydrogen (secondary N) is 1. The number of benzene rings is 1. The summed E-state index contributed by atoms with van der Waals surface area (Å²) < 4.78 is 0. The number of rotatable bonds is 4. The van der Waals surface area contributed by atoms with Crippen LogP contribution in [0.2, 0.25) is 0 Å². The summed E-state index contributed by atoms with van der Waals surface area (Å²) in [5, 5.41) is 6.01. The number of amides is 4. The minimum Gasteiger partial charge on any atom is -0.341 e. The molecule has 0 unspecified atom stereocenters. The molecule has 2 aliphatic rings. The van der Waals surface area contributed by atoms with Crippen LogP contribution >= 0.6 is 0 Å². The van der Waals surface area contributed by atoms with Crippen molar-refractivity contribution in [3.8, 4) is 0 Å². The molecule has 31 heavy (non-hydrogen) atoms. The monoisotopic (exact) mass is 423 g/mol. The molecule has 3 heterocycles. The van der Waals surface area contributed by atoms with Crippen LogP contribution in [-0.4, -0.2) is 81.2 Å². The van der Waals surface area contributed by atoms with Gasteiger partial charge in [-0.2, -0.15) is 5.10 Å². The molecule has 0 radical (unpaired) electrons. The third-order valence-corrected chi connectivity index (χ3v) is 5.46. The van der Waals surface area contributed by atoms with Gasteiger partial charge in [-0.15, -0.1) is 0 Å². The van der Waals surface area contributed by atoms with Crippen molar-refractivity contribution in [2.45, 2.75) is 12.8 Å². The van der Waals surface area contributed by atoms with Crippen molar-refractivity contribution in [2.24, 2.45) is 0 Å². The molecule has 1 N–H and O–H groups in total. The molecule has 10 nitrogen and oxygen atoms in total. The van der Waals surface area contributed by atoms with Crippen LogP contribution in [0.25, 0.3) is 0 Å². The van der Waals surface area contributed by atoms with Gasteiger partial charge >= 0.3 is 0 Å². The molecule has 160 valence electrons. The number of H-pyrrole nitrogens is 1. The van der Waals surface area contributed by atoms with Crippen LogP contribution in [0.1, 0.15) is 44.0 Å². The van der Waals surface area contributed by atoms with Crippen LogP contribution in [0, 0.1) is 0 Å². The molecule has 1 aromatic heterocycles. The van der Waals surface area contributed by atoms with E-state index in [2.05, 4.69) is 10.2 Å². The Balaban J connectivity index is 1.33. The number of hydrogen-bond donors (Lipinski definition) is 1. The van der Waals surface area contributed by atoms with Crippen LogP contribution in [0.5, 0.6) is 0 Å². The smallest absolute Gasteiger partial charge is 0.274 e. The first kappa shape index (κ1) is 20.5. The second-order valence-electron chi connectivity index (χ2n) is 7.39. The number of carbonyl (C=O) groups excluding carboxylic acids is 4. The summed E-state index contributed by atoms with van der Waals surface area (Å²) in [7, 11) is 0. The van der Waals surface area contributed by atoms with Gasteiger partial charge in [-0.3, -0.25) is 28.9 Å². The van der Waals surface area contributed by atoms with E-state index in [-0.39, 0.29) is 47.8 Å². The van der Waals surface area contributed by atoms with E-state index in [9.17, 15) is 24.0 Å². The molecule has 0 bridgehead atoms. The Hall–Kier alpha value is -3.82. The fourth-order valence-electron chi connectivity index (χ4n) is 3.80. The molecule has 0 aliphatic carbocycles. The molecular weight excluding hydrogens is 402 g/mol. The summed E-state index contributed by atoms with van der Waals surface area (Å²) in [6, 6.07) is 9.23. The lowest BCUT2D eigenvalue weighted by Crippen LogP contribution is -2.39. The SMILES string of the molecule is O=C(CCN1C(=O)c2ccccc2C1=O)N1CCCN(C(=O)c2ccc(=O)[nH]n2)CC1. The topological polar surface area (TPSA) is 124 Å². The lowest BCUT2D eigenvalue weighted by atomic mass is 10.1. The average molecular weight is 423 g/mol. The maximum atomic E-state index is 12.7. The molecule has 0 saturated carbocycles. The highest BCUT2D eigenvalue weighted by Crippen LogP contribution is 2.22. The molecule has 4 amide bonds. The van der Waals surface area contributed by atoms with Gasteiger partial charge in [-0.1, -0.05) is 12.1 Å². The Morgan fingerprint density at radius 2 is 1.52 bits per heavy atom. The Labute approximate surface area is 177 Å². The number of aromatic amines is 1.